The third-order valence-electron chi connectivity index (χ3n) is 7.83. The van der Waals surface area contributed by atoms with E-state index in [0.717, 1.165) is 30.3 Å². The van der Waals surface area contributed by atoms with Gasteiger partial charge in [0.25, 0.3) is 11.5 Å². The number of hydrogen-bond acceptors (Lipinski definition) is 11. The second kappa shape index (κ2) is 16.8. The maximum atomic E-state index is 14.4. The molecule has 1 aliphatic rings. The summed E-state index contributed by atoms with van der Waals surface area (Å²) in [4.78, 5) is 53.3. The van der Waals surface area contributed by atoms with Crippen molar-refractivity contribution in [1.82, 2.24) is 14.3 Å². The summed E-state index contributed by atoms with van der Waals surface area (Å²) < 4.78 is 25.4. The number of carboxylic acid groups (broad SMARTS) is 1. The Hall–Kier alpha value is -6.28. The number of nitrogens with zero attached hydrogens (tertiary/aromatic N) is 4. The van der Waals surface area contributed by atoms with Crippen molar-refractivity contribution in [3.63, 3.8) is 0 Å². The van der Waals surface area contributed by atoms with Crippen LogP contribution in [0, 0.1) is 0 Å². The van der Waals surface area contributed by atoms with Gasteiger partial charge < -0.3 is 24.1 Å². The first-order valence-electron chi connectivity index (χ1n) is 16.5. The highest BCUT2D eigenvalue weighted by molar-refractivity contribution is 7.07. The SMILES string of the molecule is CC(=O)O.CCCOc1ccc(-c2nn(-c3ccccc3)cc2/C=c2/sc3n(c2=O)C(c2ccc(OC(C)=O)c(OC)c2)C(C(=O)OC)=C(C)N=3)cc1. The lowest BCUT2D eigenvalue weighted by atomic mass is 9.95. The van der Waals surface area contributed by atoms with Crippen LogP contribution in [0.25, 0.3) is 23.0 Å². The van der Waals surface area contributed by atoms with Crippen molar-refractivity contribution in [2.45, 2.75) is 40.2 Å². The summed E-state index contributed by atoms with van der Waals surface area (Å²) in [5.41, 5.74) is 3.89. The molecule has 1 atom stereocenters. The Morgan fingerprint density at radius 2 is 1.68 bits per heavy atom. The first-order chi connectivity index (χ1) is 25.4. The summed E-state index contributed by atoms with van der Waals surface area (Å²) in [6.07, 6.45) is 4.58. The molecule has 0 spiro atoms. The minimum Gasteiger partial charge on any atom is -0.494 e. The zero-order valence-electron chi connectivity index (χ0n) is 30.0. The first kappa shape index (κ1) is 38.0. The molecule has 53 heavy (non-hydrogen) atoms. The Morgan fingerprint density at radius 3 is 2.30 bits per heavy atom. The molecule has 0 fully saturated rings. The minimum atomic E-state index is -0.895. The number of esters is 2. The smallest absolute Gasteiger partial charge is 0.338 e. The number of aromatic nitrogens is 3. The average molecular weight is 739 g/mol. The lowest BCUT2D eigenvalue weighted by Gasteiger charge is -2.25. The fourth-order valence-electron chi connectivity index (χ4n) is 5.60. The van der Waals surface area contributed by atoms with Gasteiger partial charge in [0.1, 0.15) is 11.4 Å². The molecule has 1 N–H and O–H groups in total. The van der Waals surface area contributed by atoms with Crippen molar-refractivity contribution in [3.05, 3.63) is 121 Å². The number of carbonyl (C=O) groups is 3. The molecular formula is C39H38N4O9S. The summed E-state index contributed by atoms with van der Waals surface area (Å²) in [6.45, 7) is 6.75. The lowest BCUT2D eigenvalue weighted by molar-refractivity contribution is -0.137. The Morgan fingerprint density at radius 1 is 0.981 bits per heavy atom. The van der Waals surface area contributed by atoms with Crippen molar-refractivity contribution < 1.29 is 38.4 Å². The van der Waals surface area contributed by atoms with Crippen LogP contribution < -0.4 is 29.1 Å². The summed E-state index contributed by atoms with van der Waals surface area (Å²) in [6, 6.07) is 21.4. The van der Waals surface area contributed by atoms with Crippen LogP contribution in [0.3, 0.4) is 0 Å². The largest absolute Gasteiger partial charge is 0.494 e. The van der Waals surface area contributed by atoms with Crippen molar-refractivity contribution in [2.75, 3.05) is 20.8 Å². The lowest BCUT2D eigenvalue weighted by Crippen LogP contribution is -2.39. The molecule has 0 saturated heterocycles. The number of benzene rings is 3. The van der Waals surface area contributed by atoms with Crippen LogP contribution in [-0.2, 0) is 19.1 Å². The van der Waals surface area contributed by atoms with E-state index in [0.29, 0.717) is 38.5 Å². The number of aliphatic carboxylic acids is 1. The molecule has 3 aromatic carbocycles. The highest BCUT2D eigenvalue weighted by atomic mass is 32.1. The zero-order chi connectivity index (χ0) is 38.2. The predicted molar refractivity (Wildman–Crippen MR) is 198 cm³/mol. The second-order valence-corrected chi connectivity index (χ2v) is 12.7. The summed E-state index contributed by atoms with van der Waals surface area (Å²) in [5.74, 6) is -0.739. The number of thiazole rings is 1. The summed E-state index contributed by atoms with van der Waals surface area (Å²) in [5, 5.41) is 12.3. The summed E-state index contributed by atoms with van der Waals surface area (Å²) in [7, 11) is 2.72. The highest BCUT2D eigenvalue weighted by Crippen LogP contribution is 2.36. The molecule has 1 unspecified atom stereocenters. The van der Waals surface area contributed by atoms with Gasteiger partial charge in [-0.05, 0) is 73.5 Å². The number of hydrogen-bond donors (Lipinski definition) is 1. The van der Waals surface area contributed by atoms with E-state index in [4.69, 9.17) is 33.9 Å². The number of para-hydroxylation sites is 1. The van der Waals surface area contributed by atoms with Crippen LogP contribution in [0.4, 0.5) is 0 Å². The number of carbonyl (C=O) groups excluding carboxylic acids is 2. The Bertz CT molecular complexity index is 2350. The Balaban J connectivity index is 0.00000129. The molecule has 0 saturated carbocycles. The molecule has 14 heteroatoms. The van der Waals surface area contributed by atoms with E-state index in [1.165, 1.54) is 37.0 Å². The number of allylic oxidation sites excluding steroid dienone is 1. The van der Waals surface area contributed by atoms with Gasteiger partial charge in [0.05, 0.1) is 48.4 Å². The van der Waals surface area contributed by atoms with Crippen molar-refractivity contribution >= 4 is 35.3 Å². The van der Waals surface area contributed by atoms with Crippen LogP contribution in [-0.4, -0.2) is 58.2 Å². The third kappa shape index (κ3) is 8.61. The van der Waals surface area contributed by atoms with Gasteiger partial charge in [-0.2, -0.15) is 5.10 Å². The van der Waals surface area contributed by atoms with Gasteiger partial charge in [0.15, 0.2) is 16.3 Å². The molecule has 0 radical (unpaired) electrons. The van der Waals surface area contributed by atoms with E-state index in [9.17, 15) is 14.4 Å². The molecule has 13 nitrogen and oxygen atoms in total. The van der Waals surface area contributed by atoms with E-state index in [2.05, 4.69) is 11.9 Å². The standard InChI is InChI=1S/C37H34N4O7S.C2H4O2/c1-6-18-47-28-15-12-24(13-16-28)33-26(21-40(39-33)27-10-8-7-9-11-27)20-31-35(43)41-34(32(36(44)46-5)22(2)38-37(41)49-31)25-14-17-29(48-23(3)42)30(19-25)45-4;1-2(3)4/h7-17,19-21,34H,6,18H2,1-5H3;1H3,(H,3,4)/b31-20+;. The van der Waals surface area contributed by atoms with Gasteiger partial charge in [-0.15, -0.1) is 0 Å². The second-order valence-electron chi connectivity index (χ2n) is 11.7. The third-order valence-corrected chi connectivity index (χ3v) is 8.82. The average Bonchev–Trinajstić information content (AvgIpc) is 3.70. The maximum absolute atomic E-state index is 14.4. The topological polar surface area (TPSA) is 161 Å². The fraction of sp³-hybridized carbons (Fsp3) is 0.231. The normalized spacial score (nSPS) is 13.6. The molecule has 2 aromatic heterocycles. The predicted octanol–water partition coefficient (Wildman–Crippen LogP) is 5.07. The van der Waals surface area contributed by atoms with Gasteiger partial charge in [-0.1, -0.05) is 42.5 Å². The van der Waals surface area contributed by atoms with Crippen LogP contribution >= 0.6 is 11.3 Å². The van der Waals surface area contributed by atoms with E-state index in [-0.39, 0.29) is 22.6 Å². The molecule has 0 bridgehead atoms. The van der Waals surface area contributed by atoms with Crippen molar-refractivity contribution in [1.29, 1.82) is 0 Å². The number of fused-ring (bicyclic) bond motifs is 1. The molecule has 0 amide bonds. The number of methoxy groups -OCH3 is 2. The van der Waals surface area contributed by atoms with Crippen LogP contribution in [0.5, 0.6) is 17.2 Å². The van der Waals surface area contributed by atoms with Crippen LogP contribution in [0.1, 0.15) is 51.3 Å². The molecule has 274 valence electrons. The number of rotatable bonds is 10. The molecule has 5 aromatic rings. The monoisotopic (exact) mass is 738 g/mol. The zero-order valence-corrected chi connectivity index (χ0v) is 30.8. The Labute approximate surface area is 308 Å². The van der Waals surface area contributed by atoms with Crippen molar-refractivity contribution in [3.8, 4) is 34.2 Å². The van der Waals surface area contributed by atoms with E-state index in [1.54, 1.807) is 35.9 Å². The van der Waals surface area contributed by atoms with Gasteiger partial charge in [-0.3, -0.25) is 19.0 Å². The summed E-state index contributed by atoms with van der Waals surface area (Å²) >= 11 is 1.21. The van der Waals surface area contributed by atoms with Gasteiger partial charge in [0.2, 0.25) is 0 Å². The van der Waals surface area contributed by atoms with E-state index >= 15 is 0 Å². The highest BCUT2D eigenvalue weighted by Gasteiger charge is 2.34. The first-order valence-corrected chi connectivity index (χ1v) is 17.3. The fourth-order valence-corrected chi connectivity index (χ4v) is 6.64. The van der Waals surface area contributed by atoms with Crippen LogP contribution in [0.2, 0.25) is 0 Å². The van der Waals surface area contributed by atoms with E-state index in [1.807, 2.05) is 60.8 Å². The van der Waals surface area contributed by atoms with Gasteiger partial charge in [-0.25, -0.2) is 14.5 Å². The van der Waals surface area contributed by atoms with Crippen LogP contribution in [0.15, 0.2) is 100 Å². The quantitative estimate of drug-likeness (QED) is 0.151. The van der Waals surface area contributed by atoms with Gasteiger partial charge >= 0.3 is 11.9 Å². The molecular weight excluding hydrogens is 701 g/mol. The minimum absolute atomic E-state index is 0.201. The van der Waals surface area contributed by atoms with Crippen molar-refractivity contribution in [2.24, 2.45) is 4.99 Å². The molecule has 1 aliphatic heterocycles. The molecule has 6 rings (SSSR count). The molecule has 3 heterocycles. The molecule has 0 aliphatic carbocycles. The Kier molecular flexibility index (Phi) is 12.1. The number of ether oxygens (including phenoxy) is 4. The van der Waals surface area contributed by atoms with Gasteiger partial charge in [0, 0.05) is 31.2 Å². The maximum Gasteiger partial charge on any atom is 0.338 e. The van der Waals surface area contributed by atoms with E-state index < -0.39 is 23.9 Å². The number of carboxylic acids is 1.